The number of ether oxygens (including phenoxy) is 2. The molecular weight excluding hydrogens is 350 g/mol. The van der Waals surface area contributed by atoms with E-state index in [0.29, 0.717) is 13.2 Å². The van der Waals surface area contributed by atoms with Crippen molar-refractivity contribution in [2.75, 3.05) is 26.3 Å². The Balaban J connectivity index is 1.52. The summed E-state index contributed by atoms with van der Waals surface area (Å²) in [6.45, 7) is 4.40. The lowest BCUT2D eigenvalue weighted by Gasteiger charge is -2.27. The van der Waals surface area contributed by atoms with E-state index in [1.165, 1.54) is 0 Å². The summed E-state index contributed by atoms with van der Waals surface area (Å²) in [6.07, 6.45) is 1.63. The van der Waals surface area contributed by atoms with E-state index in [1.54, 1.807) is 0 Å². The van der Waals surface area contributed by atoms with Crippen LogP contribution in [0.2, 0.25) is 5.02 Å². The highest BCUT2D eigenvalue weighted by Gasteiger charge is 2.28. The Morgan fingerprint density at radius 1 is 1.12 bits per heavy atom. The molecule has 0 spiro atoms. The van der Waals surface area contributed by atoms with E-state index >= 15 is 0 Å². The average molecular weight is 376 g/mol. The molecule has 26 heavy (non-hydrogen) atoms. The Bertz CT molecular complexity index is 692. The first-order valence-electron chi connectivity index (χ1n) is 9.19. The van der Waals surface area contributed by atoms with Crippen LogP contribution in [0.1, 0.15) is 31.4 Å². The number of aliphatic hydroxyl groups is 1. The molecule has 2 atom stereocenters. The molecule has 2 aromatic carbocycles. The monoisotopic (exact) mass is 375 g/mol. The second kappa shape index (κ2) is 9.26. The maximum absolute atomic E-state index is 10.4. The van der Waals surface area contributed by atoms with E-state index in [-0.39, 0.29) is 12.6 Å². The predicted octanol–water partition coefficient (Wildman–Crippen LogP) is 4.32. The molecule has 0 amide bonds. The first-order valence-corrected chi connectivity index (χ1v) is 9.57. The first kappa shape index (κ1) is 19.0. The number of rotatable bonds is 8. The molecular formula is C21H26ClNO3. The number of likely N-dealkylation sites (tertiary alicyclic amines) is 1. The molecule has 3 rings (SSSR count). The standard InChI is InChI=1S/C21H26ClNO3/c1-2-25-17-9-11-18(12-10-17)26-15-16(24)14-23-13-5-8-21(23)19-6-3-4-7-20(19)22/h3-4,6-7,9-12,16,21,24H,2,5,8,13-15H2,1H3. The van der Waals surface area contributed by atoms with Crippen molar-refractivity contribution < 1.29 is 14.6 Å². The fraction of sp³-hybridized carbons (Fsp3) is 0.429. The summed E-state index contributed by atoms with van der Waals surface area (Å²) in [5.74, 6) is 1.55. The second-order valence-electron chi connectivity index (χ2n) is 6.54. The van der Waals surface area contributed by atoms with Crippen molar-refractivity contribution in [1.29, 1.82) is 0 Å². The molecule has 1 heterocycles. The van der Waals surface area contributed by atoms with Crippen LogP contribution in [0.15, 0.2) is 48.5 Å². The Kier molecular flexibility index (Phi) is 6.78. The second-order valence-corrected chi connectivity index (χ2v) is 6.95. The van der Waals surface area contributed by atoms with Crippen molar-refractivity contribution in [3.8, 4) is 11.5 Å². The number of benzene rings is 2. The SMILES string of the molecule is CCOc1ccc(OCC(O)CN2CCCC2c2ccccc2Cl)cc1. The zero-order valence-electron chi connectivity index (χ0n) is 15.1. The van der Waals surface area contributed by atoms with E-state index in [0.717, 1.165) is 41.5 Å². The number of aliphatic hydroxyl groups excluding tert-OH is 1. The Hall–Kier alpha value is -1.75. The summed E-state index contributed by atoms with van der Waals surface area (Å²) < 4.78 is 11.1. The van der Waals surface area contributed by atoms with Gasteiger partial charge in [-0.15, -0.1) is 0 Å². The van der Waals surface area contributed by atoms with Gasteiger partial charge in [0.05, 0.1) is 6.61 Å². The lowest BCUT2D eigenvalue weighted by Crippen LogP contribution is -2.35. The van der Waals surface area contributed by atoms with Gasteiger partial charge in [0.15, 0.2) is 0 Å². The number of hydrogen-bond acceptors (Lipinski definition) is 4. The Morgan fingerprint density at radius 2 is 1.81 bits per heavy atom. The molecule has 2 aromatic rings. The van der Waals surface area contributed by atoms with Gasteiger partial charge in [-0.1, -0.05) is 29.8 Å². The molecule has 2 unspecified atom stereocenters. The molecule has 4 nitrogen and oxygen atoms in total. The third kappa shape index (κ3) is 4.91. The molecule has 1 saturated heterocycles. The van der Waals surface area contributed by atoms with Gasteiger partial charge in [-0.2, -0.15) is 0 Å². The minimum absolute atomic E-state index is 0.264. The van der Waals surface area contributed by atoms with E-state index in [1.807, 2.05) is 49.4 Å². The number of nitrogens with zero attached hydrogens (tertiary/aromatic N) is 1. The quantitative estimate of drug-likeness (QED) is 0.746. The summed E-state index contributed by atoms with van der Waals surface area (Å²) >= 11 is 6.36. The number of halogens is 1. The van der Waals surface area contributed by atoms with Crippen LogP contribution in [-0.2, 0) is 0 Å². The van der Waals surface area contributed by atoms with Gasteiger partial charge >= 0.3 is 0 Å². The lowest BCUT2D eigenvalue weighted by molar-refractivity contribution is 0.0638. The van der Waals surface area contributed by atoms with Crippen molar-refractivity contribution in [2.24, 2.45) is 0 Å². The van der Waals surface area contributed by atoms with Gasteiger partial charge in [0, 0.05) is 17.6 Å². The van der Waals surface area contributed by atoms with Crippen LogP contribution in [0, 0.1) is 0 Å². The summed E-state index contributed by atoms with van der Waals surface area (Å²) in [5, 5.41) is 11.2. The van der Waals surface area contributed by atoms with Gasteiger partial charge < -0.3 is 14.6 Å². The van der Waals surface area contributed by atoms with Gasteiger partial charge in [-0.25, -0.2) is 0 Å². The van der Waals surface area contributed by atoms with Gasteiger partial charge in [0.1, 0.15) is 24.2 Å². The van der Waals surface area contributed by atoms with Crippen LogP contribution in [0.5, 0.6) is 11.5 Å². The molecule has 0 aliphatic carbocycles. The van der Waals surface area contributed by atoms with Crippen LogP contribution in [0.4, 0.5) is 0 Å². The minimum Gasteiger partial charge on any atom is -0.494 e. The number of hydrogen-bond donors (Lipinski definition) is 1. The summed E-state index contributed by atoms with van der Waals surface area (Å²) in [6, 6.07) is 15.7. The van der Waals surface area contributed by atoms with E-state index in [2.05, 4.69) is 11.0 Å². The van der Waals surface area contributed by atoms with E-state index in [9.17, 15) is 5.11 Å². The molecule has 140 valence electrons. The summed E-state index contributed by atoms with van der Waals surface area (Å²) in [7, 11) is 0. The van der Waals surface area contributed by atoms with Crippen molar-refractivity contribution in [2.45, 2.75) is 31.9 Å². The summed E-state index contributed by atoms with van der Waals surface area (Å²) in [4.78, 5) is 2.30. The van der Waals surface area contributed by atoms with Crippen LogP contribution in [0.3, 0.4) is 0 Å². The molecule has 1 aliphatic rings. The zero-order valence-corrected chi connectivity index (χ0v) is 15.9. The predicted molar refractivity (Wildman–Crippen MR) is 104 cm³/mol. The molecule has 0 bridgehead atoms. The highest BCUT2D eigenvalue weighted by molar-refractivity contribution is 6.31. The van der Waals surface area contributed by atoms with Crippen LogP contribution >= 0.6 is 11.6 Å². The highest BCUT2D eigenvalue weighted by atomic mass is 35.5. The fourth-order valence-corrected chi connectivity index (χ4v) is 3.72. The molecule has 0 saturated carbocycles. The average Bonchev–Trinajstić information content (AvgIpc) is 3.09. The van der Waals surface area contributed by atoms with Gasteiger partial charge in [-0.05, 0) is 62.2 Å². The Morgan fingerprint density at radius 3 is 2.50 bits per heavy atom. The lowest BCUT2D eigenvalue weighted by atomic mass is 10.0. The van der Waals surface area contributed by atoms with Crippen LogP contribution in [0.25, 0.3) is 0 Å². The zero-order chi connectivity index (χ0) is 18.4. The molecule has 1 aliphatic heterocycles. The third-order valence-corrected chi connectivity index (χ3v) is 4.99. The van der Waals surface area contributed by atoms with Gasteiger partial charge in [-0.3, -0.25) is 4.90 Å². The smallest absolute Gasteiger partial charge is 0.119 e. The fourth-order valence-electron chi connectivity index (χ4n) is 3.46. The Labute approximate surface area is 160 Å². The van der Waals surface area contributed by atoms with Crippen molar-refractivity contribution in [1.82, 2.24) is 4.90 Å². The van der Waals surface area contributed by atoms with Crippen molar-refractivity contribution in [3.63, 3.8) is 0 Å². The summed E-state index contributed by atoms with van der Waals surface area (Å²) in [5.41, 5.74) is 1.14. The maximum Gasteiger partial charge on any atom is 0.119 e. The minimum atomic E-state index is -0.551. The van der Waals surface area contributed by atoms with Crippen LogP contribution < -0.4 is 9.47 Å². The van der Waals surface area contributed by atoms with Gasteiger partial charge in [0.25, 0.3) is 0 Å². The molecule has 1 N–H and O–H groups in total. The van der Waals surface area contributed by atoms with Crippen molar-refractivity contribution >= 4 is 11.6 Å². The molecule has 0 radical (unpaired) electrons. The van der Waals surface area contributed by atoms with Crippen LogP contribution in [-0.4, -0.2) is 42.4 Å². The molecule has 5 heteroatoms. The third-order valence-electron chi connectivity index (χ3n) is 4.65. The van der Waals surface area contributed by atoms with E-state index < -0.39 is 6.10 Å². The van der Waals surface area contributed by atoms with Crippen molar-refractivity contribution in [3.05, 3.63) is 59.1 Å². The van der Waals surface area contributed by atoms with E-state index in [4.69, 9.17) is 21.1 Å². The maximum atomic E-state index is 10.4. The normalized spacial score (nSPS) is 18.7. The number of β-amino-alcohol motifs (C(OH)–C–C–N with tert-alkyl or cyclic N) is 1. The molecule has 0 aromatic heterocycles. The molecule has 1 fully saturated rings. The van der Waals surface area contributed by atoms with Gasteiger partial charge in [0.2, 0.25) is 0 Å². The first-order chi connectivity index (χ1) is 12.7. The topological polar surface area (TPSA) is 41.9 Å². The largest absolute Gasteiger partial charge is 0.494 e. The highest BCUT2D eigenvalue weighted by Crippen LogP contribution is 2.35.